The first-order chi connectivity index (χ1) is 10.3. The number of hydrogen-bond acceptors (Lipinski definition) is 1. The fourth-order valence-electron chi connectivity index (χ4n) is 2.49. The predicted molar refractivity (Wildman–Crippen MR) is 89.1 cm³/mol. The Hall–Kier alpha value is -1.86. The van der Waals surface area contributed by atoms with Gasteiger partial charge in [0.15, 0.2) is 0 Å². The monoisotopic (exact) mass is 280 g/mol. The van der Waals surface area contributed by atoms with Crippen LogP contribution < -0.4 is 0 Å². The van der Waals surface area contributed by atoms with E-state index in [-0.39, 0.29) is 6.10 Å². The lowest BCUT2D eigenvalue weighted by atomic mass is 9.94. The smallest absolute Gasteiger partial charge is 0.0720 e. The lowest BCUT2D eigenvalue weighted by Gasteiger charge is -2.19. The fraction of sp³-hybridized carbons (Fsp3) is 0.300. The van der Waals surface area contributed by atoms with Crippen LogP contribution in [0.1, 0.15) is 24.5 Å². The second-order valence-electron chi connectivity index (χ2n) is 5.53. The van der Waals surface area contributed by atoms with Crippen molar-refractivity contribution in [2.45, 2.75) is 32.5 Å². The molecule has 2 aromatic rings. The maximum Gasteiger partial charge on any atom is 0.0720 e. The first-order valence-electron chi connectivity index (χ1n) is 7.60. The molecule has 0 bridgehead atoms. The van der Waals surface area contributed by atoms with Crippen molar-refractivity contribution < 1.29 is 4.74 Å². The topological polar surface area (TPSA) is 9.23 Å². The van der Waals surface area contributed by atoms with Crippen molar-refractivity contribution in [3.05, 3.63) is 84.4 Å². The zero-order chi connectivity index (χ0) is 14.9. The molecule has 2 aromatic carbocycles. The summed E-state index contributed by atoms with van der Waals surface area (Å²) >= 11 is 0. The van der Waals surface area contributed by atoms with E-state index in [9.17, 15) is 0 Å². The van der Waals surface area contributed by atoms with E-state index in [2.05, 4.69) is 62.0 Å². The first kappa shape index (κ1) is 15.5. The van der Waals surface area contributed by atoms with Crippen LogP contribution in [0.25, 0.3) is 0 Å². The molecular formula is C20H24O. The number of ether oxygens (including phenoxy) is 1. The zero-order valence-corrected chi connectivity index (χ0v) is 12.7. The molecule has 0 N–H and O–H groups in total. The molecule has 0 radical (unpaired) electrons. The molecule has 1 nitrogen and oxygen atoms in total. The summed E-state index contributed by atoms with van der Waals surface area (Å²) < 4.78 is 5.95. The van der Waals surface area contributed by atoms with E-state index in [1.54, 1.807) is 0 Å². The predicted octanol–water partition coefficient (Wildman–Crippen LogP) is 5.03. The first-order valence-corrected chi connectivity index (χ1v) is 7.60. The van der Waals surface area contributed by atoms with Crippen molar-refractivity contribution in [3.63, 3.8) is 0 Å². The van der Waals surface area contributed by atoms with Gasteiger partial charge in [0.05, 0.1) is 12.7 Å². The molecule has 0 aliphatic rings. The normalized spacial score (nSPS) is 13.6. The third kappa shape index (κ3) is 5.57. The molecule has 1 heteroatoms. The Labute approximate surface area is 128 Å². The van der Waals surface area contributed by atoms with Gasteiger partial charge >= 0.3 is 0 Å². The molecule has 0 spiro atoms. The van der Waals surface area contributed by atoms with E-state index >= 15 is 0 Å². The lowest BCUT2D eigenvalue weighted by Crippen LogP contribution is -2.14. The molecular weight excluding hydrogens is 256 g/mol. The molecule has 2 unspecified atom stereocenters. The molecule has 2 atom stereocenters. The van der Waals surface area contributed by atoms with Gasteiger partial charge in [-0.25, -0.2) is 0 Å². The molecule has 2 rings (SSSR count). The van der Waals surface area contributed by atoms with Gasteiger partial charge in [0.1, 0.15) is 0 Å². The fourth-order valence-corrected chi connectivity index (χ4v) is 2.49. The Morgan fingerprint density at radius 2 is 1.52 bits per heavy atom. The largest absolute Gasteiger partial charge is 0.374 e. The second-order valence-corrected chi connectivity index (χ2v) is 5.53. The van der Waals surface area contributed by atoms with Crippen LogP contribution in [0, 0.1) is 5.92 Å². The van der Waals surface area contributed by atoms with E-state index in [4.69, 9.17) is 4.74 Å². The van der Waals surface area contributed by atoms with E-state index in [0.29, 0.717) is 12.5 Å². The molecule has 0 fully saturated rings. The summed E-state index contributed by atoms with van der Waals surface area (Å²) in [6.45, 7) is 6.79. The summed E-state index contributed by atoms with van der Waals surface area (Å²) in [4.78, 5) is 0. The Kier molecular flexibility index (Phi) is 6.23. The highest BCUT2D eigenvalue weighted by Gasteiger charge is 2.11. The maximum atomic E-state index is 5.95. The minimum Gasteiger partial charge on any atom is -0.374 e. The zero-order valence-electron chi connectivity index (χ0n) is 12.7. The van der Waals surface area contributed by atoms with Crippen LogP contribution >= 0.6 is 0 Å². The van der Waals surface area contributed by atoms with Crippen molar-refractivity contribution in [1.82, 2.24) is 0 Å². The number of rotatable bonds is 8. The quantitative estimate of drug-likeness (QED) is 0.616. The molecule has 0 heterocycles. The Morgan fingerprint density at radius 3 is 2.10 bits per heavy atom. The van der Waals surface area contributed by atoms with Gasteiger partial charge in [0, 0.05) is 0 Å². The Morgan fingerprint density at radius 1 is 0.952 bits per heavy atom. The molecule has 0 aromatic heterocycles. The lowest BCUT2D eigenvalue weighted by molar-refractivity contribution is 0.0405. The average molecular weight is 280 g/mol. The van der Waals surface area contributed by atoms with Gasteiger partial charge in [-0.15, -0.1) is 6.58 Å². The summed E-state index contributed by atoms with van der Waals surface area (Å²) in [7, 11) is 0. The van der Waals surface area contributed by atoms with Crippen LogP contribution in [0.4, 0.5) is 0 Å². The molecule has 0 amide bonds. The summed E-state index contributed by atoms with van der Waals surface area (Å²) in [5, 5.41) is 0. The van der Waals surface area contributed by atoms with Crippen LogP contribution in [0.3, 0.4) is 0 Å². The van der Waals surface area contributed by atoms with E-state index in [1.807, 2.05) is 18.2 Å². The van der Waals surface area contributed by atoms with Gasteiger partial charge in [-0.3, -0.25) is 0 Å². The average Bonchev–Trinajstić information content (AvgIpc) is 2.54. The summed E-state index contributed by atoms with van der Waals surface area (Å²) in [6.07, 6.45) is 4.32. The molecule has 21 heavy (non-hydrogen) atoms. The van der Waals surface area contributed by atoms with Crippen molar-refractivity contribution in [2.24, 2.45) is 5.92 Å². The van der Waals surface area contributed by atoms with Crippen molar-refractivity contribution in [2.75, 3.05) is 0 Å². The van der Waals surface area contributed by atoms with Gasteiger partial charge in [-0.1, -0.05) is 66.7 Å². The van der Waals surface area contributed by atoms with Crippen LogP contribution in [-0.4, -0.2) is 6.10 Å². The minimum absolute atomic E-state index is 0.233. The van der Waals surface area contributed by atoms with Crippen LogP contribution in [0.2, 0.25) is 0 Å². The highest BCUT2D eigenvalue weighted by molar-refractivity contribution is 5.16. The van der Waals surface area contributed by atoms with Gasteiger partial charge in [0.25, 0.3) is 0 Å². The number of hydrogen-bond donors (Lipinski definition) is 0. The molecule has 0 saturated carbocycles. The van der Waals surface area contributed by atoms with Crippen LogP contribution in [0.15, 0.2) is 73.3 Å². The van der Waals surface area contributed by atoms with E-state index < -0.39 is 0 Å². The highest BCUT2D eigenvalue weighted by atomic mass is 16.5. The van der Waals surface area contributed by atoms with Gasteiger partial charge in [-0.2, -0.15) is 0 Å². The summed E-state index contributed by atoms with van der Waals surface area (Å²) in [5.74, 6) is 0.457. The van der Waals surface area contributed by atoms with Gasteiger partial charge < -0.3 is 4.74 Å². The number of benzene rings is 2. The van der Waals surface area contributed by atoms with Crippen molar-refractivity contribution in [3.8, 4) is 0 Å². The summed E-state index contributed by atoms with van der Waals surface area (Å²) in [6, 6.07) is 20.9. The van der Waals surface area contributed by atoms with Crippen LogP contribution in [-0.2, 0) is 17.8 Å². The standard InChI is InChI=1S/C20H24O/c1-3-18(15-19-10-6-4-7-11-19)14-17(2)21-16-20-12-8-5-9-13-20/h3-13,17-18H,1,14-16H2,2H3. The molecule has 0 saturated heterocycles. The van der Waals surface area contributed by atoms with E-state index in [0.717, 1.165) is 12.8 Å². The Balaban J connectivity index is 1.79. The maximum absolute atomic E-state index is 5.95. The number of allylic oxidation sites excluding steroid dienone is 1. The van der Waals surface area contributed by atoms with Crippen molar-refractivity contribution in [1.29, 1.82) is 0 Å². The van der Waals surface area contributed by atoms with Gasteiger partial charge in [0.2, 0.25) is 0 Å². The third-order valence-corrected chi connectivity index (χ3v) is 3.69. The third-order valence-electron chi connectivity index (χ3n) is 3.69. The molecule has 0 aliphatic carbocycles. The Bertz CT molecular complexity index is 518. The minimum atomic E-state index is 0.233. The summed E-state index contributed by atoms with van der Waals surface area (Å²) in [5.41, 5.74) is 2.58. The SMILES string of the molecule is C=CC(Cc1ccccc1)CC(C)OCc1ccccc1. The van der Waals surface area contributed by atoms with Crippen LogP contribution in [0.5, 0.6) is 0 Å². The van der Waals surface area contributed by atoms with E-state index in [1.165, 1.54) is 11.1 Å². The molecule has 110 valence electrons. The van der Waals surface area contributed by atoms with Crippen molar-refractivity contribution >= 4 is 0 Å². The second kappa shape index (κ2) is 8.43. The van der Waals surface area contributed by atoms with Gasteiger partial charge in [-0.05, 0) is 36.8 Å². The molecule has 0 aliphatic heterocycles. The highest BCUT2D eigenvalue weighted by Crippen LogP contribution is 2.17.